The van der Waals surface area contributed by atoms with Crippen molar-refractivity contribution in [2.45, 2.75) is 10.2 Å². The lowest BCUT2D eigenvalue weighted by atomic mass is 10.1. The molecule has 146 valence electrons. The van der Waals surface area contributed by atoms with Gasteiger partial charge in [0, 0.05) is 5.56 Å². The molecule has 0 fully saturated rings. The normalized spacial score (nSPS) is 13.3. The Morgan fingerprint density at radius 1 is 0.963 bits per heavy atom. The van der Waals surface area contributed by atoms with Gasteiger partial charge in [0.25, 0.3) is 0 Å². The van der Waals surface area contributed by atoms with Crippen LogP contribution in [0, 0.1) is 0 Å². The fraction of sp³-hybridized carbons (Fsp3) is 0.188. The van der Waals surface area contributed by atoms with Gasteiger partial charge in [0.1, 0.15) is 5.75 Å². The summed E-state index contributed by atoms with van der Waals surface area (Å²) in [6.07, 6.45) is 0.589. The molecule has 0 aliphatic rings. The highest BCUT2D eigenvalue weighted by Crippen LogP contribution is 2.33. The molecule has 0 spiro atoms. The van der Waals surface area contributed by atoms with Crippen LogP contribution in [0.2, 0.25) is 0 Å². The van der Waals surface area contributed by atoms with Crippen LogP contribution in [0.1, 0.15) is 5.56 Å². The van der Waals surface area contributed by atoms with Crippen molar-refractivity contribution in [3.63, 3.8) is 0 Å². The first-order chi connectivity index (χ1) is 12.5. The Bertz CT molecular complexity index is 1030. The van der Waals surface area contributed by atoms with Crippen molar-refractivity contribution in [2.75, 3.05) is 13.4 Å². The minimum Gasteiger partial charge on any atom is -0.497 e. The van der Waals surface area contributed by atoms with Crippen molar-refractivity contribution in [3.8, 4) is 5.75 Å². The van der Waals surface area contributed by atoms with Crippen molar-refractivity contribution in [3.05, 3.63) is 60.2 Å². The monoisotopic (exact) mass is 419 g/mol. The molecule has 0 aromatic heterocycles. The molecule has 27 heavy (non-hydrogen) atoms. The van der Waals surface area contributed by atoms with E-state index >= 15 is 0 Å². The molecule has 2 aromatic carbocycles. The Morgan fingerprint density at radius 3 is 2.00 bits per heavy atom. The van der Waals surface area contributed by atoms with E-state index in [1.807, 2.05) is 0 Å². The number of oxime groups is 1. The molecule has 0 heterocycles. The van der Waals surface area contributed by atoms with E-state index in [4.69, 9.17) is 4.74 Å². The molecule has 0 N–H and O–H groups in total. The molecule has 2 rings (SSSR count). The summed E-state index contributed by atoms with van der Waals surface area (Å²) in [6.45, 7) is 0. The standard InChI is InChI=1S/C16H15F2NO6S2/c1-24-13-10-8-12(9-11-13)15(19-25-26(2,20)21)16(17,18)27(22,23)14-6-4-3-5-7-14/h3-11H,1-2H3. The number of sulfone groups is 1. The predicted molar refractivity (Wildman–Crippen MR) is 94.0 cm³/mol. The molecular formula is C16H15F2NO6S2. The number of hydrogen-bond acceptors (Lipinski definition) is 7. The van der Waals surface area contributed by atoms with Gasteiger partial charge in [-0.1, -0.05) is 23.4 Å². The van der Waals surface area contributed by atoms with Gasteiger partial charge in [-0.15, -0.1) is 0 Å². The zero-order valence-corrected chi connectivity index (χ0v) is 15.8. The number of hydrogen-bond donors (Lipinski definition) is 0. The smallest absolute Gasteiger partial charge is 0.395 e. The second kappa shape index (κ2) is 7.61. The van der Waals surface area contributed by atoms with E-state index in [9.17, 15) is 25.6 Å². The molecule has 11 heteroatoms. The average Bonchev–Trinajstić information content (AvgIpc) is 2.62. The van der Waals surface area contributed by atoms with Gasteiger partial charge in [-0.05, 0) is 36.4 Å². The van der Waals surface area contributed by atoms with Crippen LogP contribution in [0.3, 0.4) is 0 Å². The maximum Gasteiger partial charge on any atom is 0.395 e. The van der Waals surface area contributed by atoms with E-state index in [1.165, 1.54) is 37.4 Å². The summed E-state index contributed by atoms with van der Waals surface area (Å²) < 4.78 is 86.2. The topological polar surface area (TPSA) is 99.1 Å². The maximum atomic E-state index is 15.0. The van der Waals surface area contributed by atoms with Gasteiger partial charge < -0.3 is 4.74 Å². The number of halogens is 2. The molecule has 7 nitrogen and oxygen atoms in total. The SMILES string of the molecule is COc1ccc(C(=NOS(C)(=O)=O)C(F)(F)S(=O)(=O)c2ccccc2)cc1. The van der Waals surface area contributed by atoms with Gasteiger partial charge in [-0.25, -0.2) is 8.42 Å². The van der Waals surface area contributed by atoms with E-state index in [2.05, 4.69) is 9.44 Å². The van der Waals surface area contributed by atoms with Gasteiger partial charge in [0.15, 0.2) is 5.71 Å². The third-order valence-electron chi connectivity index (χ3n) is 3.29. The van der Waals surface area contributed by atoms with Crippen LogP contribution in [0.5, 0.6) is 5.75 Å². The summed E-state index contributed by atoms with van der Waals surface area (Å²) in [4.78, 5) is -0.657. The summed E-state index contributed by atoms with van der Waals surface area (Å²) in [5.41, 5.74) is -1.73. The fourth-order valence-corrected chi connectivity index (χ4v) is 3.43. The van der Waals surface area contributed by atoms with E-state index in [-0.39, 0.29) is 5.56 Å². The first-order valence-corrected chi connectivity index (χ1v) is 10.6. The molecule has 0 unspecified atom stereocenters. The average molecular weight is 419 g/mol. The Hall–Kier alpha value is -2.53. The Balaban J connectivity index is 2.63. The van der Waals surface area contributed by atoms with Crippen LogP contribution in [0.4, 0.5) is 8.78 Å². The molecule has 0 aliphatic heterocycles. The van der Waals surface area contributed by atoms with E-state index in [0.717, 1.165) is 24.3 Å². The molecule has 0 saturated heterocycles. The highest BCUT2D eigenvalue weighted by molar-refractivity contribution is 7.93. The predicted octanol–water partition coefficient (Wildman–Crippen LogP) is 2.44. The molecule has 0 bridgehead atoms. The molecule has 0 aliphatic carbocycles. The van der Waals surface area contributed by atoms with Crippen molar-refractivity contribution in [2.24, 2.45) is 5.16 Å². The number of nitrogens with zero attached hydrogens (tertiary/aromatic N) is 1. The quantitative estimate of drug-likeness (QED) is 0.505. The molecule has 0 amide bonds. The lowest BCUT2D eigenvalue weighted by Gasteiger charge is -2.19. The van der Waals surface area contributed by atoms with E-state index in [0.29, 0.717) is 12.0 Å². The number of methoxy groups -OCH3 is 1. The lowest BCUT2D eigenvalue weighted by molar-refractivity contribution is 0.164. The summed E-state index contributed by atoms with van der Waals surface area (Å²) in [5.74, 6) is 0.316. The van der Waals surface area contributed by atoms with Crippen LogP contribution >= 0.6 is 0 Å². The second-order valence-electron chi connectivity index (χ2n) is 5.28. The minimum absolute atomic E-state index is 0.316. The van der Waals surface area contributed by atoms with Crippen LogP contribution in [0.25, 0.3) is 0 Å². The molecule has 0 radical (unpaired) electrons. The molecule has 0 saturated carbocycles. The summed E-state index contributed by atoms with van der Waals surface area (Å²) in [6, 6.07) is 10.8. The maximum absolute atomic E-state index is 15.0. The third-order valence-corrected chi connectivity index (χ3v) is 5.40. The highest BCUT2D eigenvalue weighted by Gasteiger charge is 2.52. The van der Waals surface area contributed by atoms with Gasteiger partial charge in [-0.2, -0.15) is 17.2 Å². The molecular weight excluding hydrogens is 404 g/mol. The largest absolute Gasteiger partial charge is 0.497 e. The van der Waals surface area contributed by atoms with Crippen molar-refractivity contribution < 1.29 is 34.6 Å². The molecule has 2 aromatic rings. The van der Waals surface area contributed by atoms with Crippen LogP contribution < -0.4 is 4.74 Å². The Morgan fingerprint density at radius 2 is 1.52 bits per heavy atom. The lowest BCUT2D eigenvalue weighted by Crippen LogP contribution is -2.39. The van der Waals surface area contributed by atoms with Crippen LogP contribution in [-0.4, -0.2) is 41.2 Å². The van der Waals surface area contributed by atoms with Gasteiger partial charge in [0.2, 0.25) is 9.84 Å². The number of alkyl halides is 2. The van der Waals surface area contributed by atoms with Gasteiger partial charge in [-0.3, -0.25) is 4.28 Å². The summed E-state index contributed by atoms with van der Waals surface area (Å²) >= 11 is 0. The third kappa shape index (κ3) is 4.61. The highest BCUT2D eigenvalue weighted by atomic mass is 32.2. The fourth-order valence-electron chi connectivity index (χ4n) is 2.00. The Kier molecular flexibility index (Phi) is 5.85. The van der Waals surface area contributed by atoms with E-state index in [1.54, 1.807) is 0 Å². The zero-order chi connectivity index (χ0) is 20.3. The summed E-state index contributed by atoms with van der Waals surface area (Å²) in [5, 5.41) is -1.63. The molecule has 0 atom stereocenters. The van der Waals surface area contributed by atoms with Crippen LogP contribution in [0.15, 0.2) is 64.6 Å². The van der Waals surface area contributed by atoms with Crippen molar-refractivity contribution in [1.82, 2.24) is 0 Å². The van der Waals surface area contributed by atoms with Gasteiger partial charge in [0.05, 0.1) is 18.3 Å². The summed E-state index contributed by atoms with van der Waals surface area (Å²) in [7, 11) is -8.14. The number of rotatable bonds is 7. The number of ether oxygens (including phenoxy) is 1. The van der Waals surface area contributed by atoms with Crippen molar-refractivity contribution >= 4 is 25.7 Å². The second-order valence-corrected chi connectivity index (χ2v) is 8.83. The zero-order valence-electron chi connectivity index (χ0n) is 14.2. The number of benzene rings is 2. The van der Waals surface area contributed by atoms with Gasteiger partial charge >= 0.3 is 15.4 Å². The minimum atomic E-state index is -5.24. The van der Waals surface area contributed by atoms with Crippen molar-refractivity contribution in [1.29, 1.82) is 0 Å². The first-order valence-electron chi connectivity index (χ1n) is 7.28. The van der Waals surface area contributed by atoms with Crippen LogP contribution in [-0.2, 0) is 24.2 Å². The van der Waals surface area contributed by atoms with E-state index < -0.39 is 35.8 Å². The Labute approximate surface area is 155 Å². The first kappa shape index (κ1) is 20.8.